The molecule has 0 saturated heterocycles. The highest BCUT2D eigenvalue weighted by atomic mass is 32.1. The van der Waals surface area contributed by atoms with Crippen molar-refractivity contribution in [3.63, 3.8) is 0 Å². The third kappa shape index (κ3) is 3.03. The number of carbonyl (C=O) groups is 1. The molecule has 6 nitrogen and oxygen atoms in total. The summed E-state index contributed by atoms with van der Waals surface area (Å²) in [6, 6.07) is 0. The van der Waals surface area contributed by atoms with E-state index in [4.69, 9.17) is 5.73 Å². The number of aromatic nitrogens is 2. The van der Waals surface area contributed by atoms with Crippen LogP contribution in [0.3, 0.4) is 0 Å². The molecule has 0 saturated carbocycles. The minimum Gasteiger partial charge on any atom is -0.397 e. The minimum atomic E-state index is -0.0970. The van der Waals surface area contributed by atoms with Crippen molar-refractivity contribution in [3.8, 4) is 0 Å². The fourth-order valence-electron chi connectivity index (χ4n) is 2.45. The Hall–Kier alpha value is -1.60. The number of anilines is 1. The Kier molecular flexibility index (Phi) is 4.84. The summed E-state index contributed by atoms with van der Waals surface area (Å²) in [5, 5.41) is 8.18. The Morgan fingerprint density at radius 2 is 2.10 bits per heavy atom. The van der Waals surface area contributed by atoms with E-state index in [1.807, 2.05) is 14.0 Å². The van der Waals surface area contributed by atoms with Crippen LogP contribution in [0.4, 0.5) is 5.69 Å². The van der Waals surface area contributed by atoms with Gasteiger partial charge in [-0.25, -0.2) is 0 Å². The topological polar surface area (TPSA) is 76.2 Å². The molecule has 7 heteroatoms. The molecule has 2 heterocycles. The molecule has 0 aliphatic carbocycles. The summed E-state index contributed by atoms with van der Waals surface area (Å²) in [6.45, 7) is 9.60. The highest BCUT2D eigenvalue weighted by molar-refractivity contribution is 7.21. The zero-order valence-corrected chi connectivity index (χ0v) is 13.9. The summed E-state index contributed by atoms with van der Waals surface area (Å²) in [5.74, 6) is -0.0970. The normalized spacial score (nSPS) is 11.5. The van der Waals surface area contributed by atoms with Gasteiger partial charge < -0.3 is 16.0 Å². The lowest BCUT2D eigenvalue weighted by molar-refractivity contribution is 0.0954. The summed E-state index contributed by atoms with van der Waals surface area (Å²) < 4.78 is 1.78. The fourth-order valence-corrected chi connectivity index (χ4v) is 3.55. The Balaban J connectivity index is 2.10. The van der Waals surface area contributed by atoms with Crippen LogP contribution in [0.2, 0.25) is 0 Å². The Morgan fingerprint density at radius 3 is 2.67 bits per heavy atom. The molecular weight excluding hydrogens is 286 g/mol. The van der Waals surface area contributed by atoms with Crippen molar-refractivity contribution in [2.45, 2.75) is 20.8 Å². The number of carbonyl (C=O) groups excluding carboxylic acids is 1. The first-order chi connectivity index (χ1) is 9.99. The van der Waals surface area contributed by atoms with Gasteiger partial charge in [-0.3, -0.25) is 9.48 Å². The van der Waals surface area contributed by atoms with Crippen molar-refractivity contribution in [1.29, 1.82) is 0 Å². The van der Waals surface area contributed by atoms with Crippen LogP contribution in [0, 0.1) is 6.92 Å². The summed E-state index contributed by atoms with van der Waals surface area (Å²) >= 11 is 1.40. The van der Waals surface area contributed by atoms with E-state index in [2.05, 4.69) is 29.2 Å². The maximum absolute atomic E-state index is 12.3. The van der Waals surface area contributed by atoms with Gasteiger partial charge in [-0.15, -0.1) is 11.3 Å². The van der Waals surface area contributed by atoms with Crippen LogP contribution in [0.25, 0.3) is 10.2 Å². The maximum atomic E-state index is 12.3. The lowest BCUT2D eigenvalue weighted by Crippen LogP contribution is -2.34. The molecule has 2 aromatic heterocycles. The summed E-state index contributed by atoms with van der Waals surface area (Å²) in [7, 11) is 1.87. The molecule has 0 radical (unpaired) electrons. The number of amides is 1. The average molecular weight is 309 g/mol. The molecule has 0 atom stereocenters. The SMILES string of the molecule is CCN(CC)CCNC(=O)c1sc2c(c(C)nn2C)c1N. The molecule has 0 spiro atoms. The Bertz CT molecular complexity index is 641. The molecule has 0 aliphatic rings. The summed E-state index contributed by atoms with van der Waals surface area (Å²) in [6.07, 6.45) is 0. The number of nitrogens with one attached hydrogen (secondary N) is 1. The number of nitrogens with two attached hydrogens (primary N) is 1. The van der Waals surface area contributed by atoms with E-state index in [1.54, 1.807) is 4.68 Å². The monoisotopic (exact) mass is 309 g/mol. The largest absolute Gasteiger partial charge is 0.397 e. The molecule has 3 N–H and O–H groups in total. The quantitative estimate of drug-likeness (QED) is 0.850. The van der Waals surface area contributed by atoms with Crippen molar-refractivity contribution >= 4 is 33.1 Å². The van der Waals surface area contributed by atoms with Gasteiger partial charge in [0.05, 0.1) is 16.8 Å². The van der Waals surface area contributed by atoms with E-state index >= 15 is 0 Å². The zero-order chi connectivity index (χ0) is 15.6. The van der Waals surface area contributed by atoms with Gasteiger partial charge in [-0.05, 0) is 20.0 Å². The van der Waals surface area contributed by atoms with Crippen LogP contribution in [0.15, 0.2) is 0 Å². The minimum absolute atomic E-state index is 0.0970. The van der Waals surface area contributed by atoms with E-state index in [0.717, 1.165) is 35.5 Å². The van der Waals surface area contributed by atoms with Gasteiger partial charge in [0, 0.05) is 20.1 Å². The van der Waals surface area contributed by atoms with E-state index < -0.39 is 0 Å². The number of nitrogens with zero attached hydrogens (tertiary/aromatic N) is 3. The molecule has 21 heavy (non-hydrogen) atoms. The number of aryl methyl sites for hydroxylation is 2. The second-order valence-electron chi connectivity index (χ2n) is 5.02. The lowest BCUT2D eigenvalue weighted by Gasteiger charge is -2.17. The van der Waals surface area contributed by atoms with Gasteiger partial charge in [-0.2, -0.15) is 5.10 Å². The average Bonchev–Trinajstić information content (AvgIpc) is 2.94. The van der Waals surface area contributed by atoms with E-state index in [1.165, 1.54) is 11.3 Å². The molecule has 0 fully saturated rings. The van der Waals surface area contributed by atoms with Crippen LogP contribution in [0.1, 0.15) is 29.2 Å². The number of likely N-dealkylation sites (N-methyl/N-ethyl adjacent to an activating group) is 1. The van der Waals surface area contributed by atoms with Crippen molar-refractivity contribution in [2.24, 2.45) is 7.05 Å². The van der Waals surface area contributed by atoms with Gasteiger partial charge in [0.15, 0.2) is 0 Å². The summed E-state index contributed by atoms with van der Waals surface area (Å²) in [4.78, 5) is 16.1. The number of hydrogen-bond acceptors (Lipinski definition) is 5. The van der Waals surface area contributed by atoms with E-state index in [0.29, 0.717) is 17.1 Å². The van der Waals surface area contributed by atoms with Crippen molar-refractivity contribution < 1.29 is 4.79 Å². The molecule has 2 rings (SSSR count). The van der Waals surface area contributed by atoms with Gasteiger partial charge in [-0.1, -0.05) is 13.8 Å². The molecule has 0 aliphatic heterocycles. The number of thiophene rings is 1. The zero-order valence-electron chi connectivity index (χ0n) is 13.1. The predicted octanol–water partition coefficient (Wildman–Crippen LogP) is 1.60. The Labute approximate surface area is 128 Å². The first kappa shape index (κ1) is 15.8. The van der Waals surface area contributed by atoms with E-state index in [-0.39, 0.29) is 5.91 Å². The van der Waals surface area contributed by atoms with Gasteiger partial charge in [0.1, 0.15) is 9.71 Å². The summed E-state index contributed by atoms with van der Waals surface area (Å²) in [5.41, 5.74) is 7.53. The highest BCUT2D eigenvalue weighted by Crippen LogP contribution is 2.35. The first-order valence-corrected chi connectivity index (χ1v) is 8.03. The highest BCUT2D eigenvalue weighted by Gasteiger charge is 2.20. The smallest absolute Gasteiger partial charge is 0.263 e. The molecule has 0 aromatic carbocycles. The van der Waals surface area contributed by atoms with Crippen molar-refractivity contribution in [1.82, 2.24) is 20.0 Å². The lowest BCUT2D eigenvalue weighted by atomic mass is 10.2. The molecule has 116 valence electrons. The van der Waals surface area contributed by atoms with Crippen molar-refractivity contribution in [2.75, 3.05) is 31.9 Å². The number of fused-ring (bicyclic) bond motifs is 1. The molecule has 0 unspecified atom stereocenters. The van der Waals surface area contributed by atoms with Crippen molar-refractivity contribution in [3.05, 3.63) is 10.6 Å². The van der Waals surface area contributed by atoms with Crippen LogP contribution < -0.4 is 11.1 Å². The number of rotatable bonds is 6. The van der Waals surface area contributed by atoms with Crippen LogP contribution in [-0.4, -0.2) is 46.8 Å². The number of hydrogen-bond donors (Lipinski definition) is 2. The Morgan fingerprint density at radius 1 is 1.43 bits per heavy atom. The standard InChI is InChI=1S/C14H23N5OS/c1-5-19(6-2)8-7-16-13(20)12-11(15)10-9(3)17-18(4)14(10)21-12/h5-8,15H2,1-4H3,(H,16,20). The number of nitrogen functional groups attached to an aromatic ring is 1. The van der Waals surface area contributed by atoms with Gasteiger partial charge >= 0.3 is 0 Å². The molecule has 0 bridgehead atoms. The predicted molar refractivity (Wildman–Crippen MR) is 87.9 cm³/mol. The second-order valence-corrected chi connectivity index (χ2v) is 6.02. The third-order valence-corrected chi connectivity index (χ3v) is 4.97. The van der Waals surface area contributed by atoms with E-state index in [9.17, 15) is 4.79 Å². The molecule has 2 aromatic rings. The molecular formula is C14H23N5OS. The van der Waals surface area contributed by atoms with Crippen LogP contribution in [0.5, 0.6) is 0 Å². The maximum Gasteiger partial charge on any atom is 0.263 e. The second kappa shape index (κ2) is 6.44. The van der Waals surface area contributed by atoms with Gasteiger partial charge in [0.2, 0.25) is 0 Å². The third-order valence-electron chi connectivity index (χ3n) is 3.70. The van der Waals surface area contributed by atoms with Gasteiger partial charge in [0.25, 0.3) is 5.91 Å². The fraction of sp³-hybridized carbons (Fsp3) is 0.571. The molecule has 1 amide bonds. The van der Waals surface area contributed by atoms with Crippen LogP contribution >= 0.6 is 11.3 Å². The first-order valence-electron chi connectivity index (χ1n) is 7.21. The van der Waals surface area contributed by atoms with Crippen LogP contribution in [-0.2, 0) is 7.05 Å².